The molecule has 0 unspecified atom stereocenters. The summed E-state index contributed by atoms with van der Waals surface area (Å²) in [5.74, 6) is -0.200. The summed E-state index contributed by atoms with van der Waals surface area (Å²) in [6, 6.07) is 16.5. The molecular weight excluding hydrogens is 264 g/mol. The van der Waals surface area contributed by atoms with E-state index in [4.69, 9.17) is 0 Å². The van der Waals surface area contributed by atoms with Gasteiger partial charge in [0.25, 0.3) is 5.91 Å². The van der Waals surface area contributed by atoms with Crippen molar-refractivity contribution in [1.82, 2.24) is 10.3 Å². The standard InChI is InChI=1S/C17H16N2O2/c20-11-16(12-4-2-1-3-5-12)19-17(21)14-7-6-13-8-9-18-15(13)10-14/h1-10,16,18,20H,11H2,(H,19,21)/t16-/m1/s1. The van der Waals surface area contributed by atoms with E-state index in [9.17, 15) is 9.90 Å². The third-order valence-electron chi connectivity index (χ3n) is 3.51. The van der Waals surface area contributed by atoms with Gasteiger partial charge in [0.05, 0.1) is 12.6 Å². The Morgan fingerprint density at radius 2 is 1.95 bits per heavy atom. The summed E-state index contributed by atoms with van der Waals surface area (Å²) in [7, 11) is 0. The van der Waals surface area contributed by atoms with Crippen LogP contribution in [0.15, 0.2) is 60.8 Å². The predicted octanol–water partition coefficient (Wildman–Crippen LogP) is 2.63. The van der Waals surface area contributed by atoms with E-state index < -0.39 is 6.04 Å². The lowest BCUT2D eigenvalue weighted by Crippen LogP contribution is -2.30. The van der Waals surface area contributed by atoms with Crippen LogP contribution in [-0.2, 0) is 0 Å². The third kappa shape index (κ3) is 2.80. The number of H-pyrrole nitrogens is 1. The lowest BCUT2D eigenvalue weighted by atomic mass is 10.1. The molecular formula is C17H16N2O2. The number of aliphatic hydroxyl groups is 1. The third-order valence-corrected chi connectivity index (χ3v) is 3.51. The van der Waals surface area contributed by atoms with Gasteiger partial charge in [-0.05, 0) is 29.1 Å². The minimum Gasteiger partial charge on any atom is -0.394 e. The van der Waals surface area contributed by atoms with Crippen molar-refractivity contribution in [3.8, 4) is 0 Å². The molecule has 0 aliphatic carbocycles. The molecule has 4 nitrogen and oxygen atoms in total. The van der Waals surface area contributed by atoms with Gasteiger partial charge >= 0.3 is 0 Å². The van der Waals surface area contributed by atoms with Crippen LogP contribution in [-0.4, -0.2) is 22.6 Å². The number of aliphatic hydroxyl groups excluding tert-OH is 1. The van der Waals surface area contributed by atoms with Crippen LogP contribution >= 0.6 is 0 Å². The molecule has 2 aromatic carbocycles. The minimum atomic E-state index is -0.405. The van der Waals surface area contributed by atoms with Crippen LogP contribution < -0.4 is 5.32 Å². The van der Waals surface area contributed by atoms with Gasteiger partial charge in [0.1, 0.15) is 0 Å². The molecule has 0 saturated carbocycles. The highest BCUT2D eigenvalue weighted by atomic mass is 16.3. The molecule has 21 heavy (non-hydrogen) atoms. The lowest BCUT2D eigenvalue weighted by molar-refractivity contribution is 0.0916. The summed E-state index contributed by atoms with van der Waals surface area (Å²) in [6.07, 6.45) is 1.84. The van der Waals surface area contributed by atoms with Crippen molar-refractivity contribution < 1.29 is 9.90 Å². The number of aromatic nitrogens is 1. The van der Waals surface area contributed by atoms with Crippen LogP contribution in [0.5, 0.6) is 0 Å². The number of amides is 1. The Labute approximate surface area is 122 Å². The van der Waals surface area contributed by atoms with Crippen LogP contribution in [0.3, 0.4) is 0 Å². The van der Waals surface area contributed by atoms with E-state index in [0.29, 0.717) is 5.56 Å². The molecule has 3 rings (SSSR count). The zero-order valence-corrected chi connectivity index (χ0v) is 11.4. The molecule has 0 fully saturated rings. The molecule has 0 aliphatic heterocycles. The van der Waals surface area contributed by atoms with Gasteiger partial charge in [-0.2, -0.15) is 0 Å². The van der Waals surface area contributed by atoms with Crippen LogP contribution in [0.4, 0.5) is 0 Å². The Kier molecular flexibility index (Phi) is 3.71. The topological polar surface area (TPSA) is 65.1 Å². The summed E-state index contributed by atoms with van der Waals surface area (Å²) in [5, 5.41) is 13.4. The van der Waals surface area contributed by atoms with Crippen molar-refractivity contribution in [3.05, 3.63) is 71.9 Å². The molecule has 0 bridgehead atoms. The summed E-state index contributed by atoms with van der Waals surface area (Å²) in [5.41, 5.74) is 2.37. The van der Waals surface area contributed by atoms with Crippen LogP contribution in [0.25, 0.3) is 10.9 Å². The molecule has 106 valence electrons. The van der Waals surface area contributed by atoms with E-state index in [1.54, 1.807) is 6.07 Å². The van der Waals surface area contributed by atoms with Gasteiger partial charge in [-0.25, -0.2) is 0 Å². The van der Waals surface area contributed by atoms with Crippen molar-refractivity contribution in [2.75, 3.05) is 6.61 Å². The van der Waals surface area contributed by atoms with E-state index in [-0.39, 0.29) is 12.5 Å². The highest BCUT2D eigenvalue weighted by Crippen LogP contribution is 2.16. The monoisotopic (exact) mass is 280 g/mol. The normalized spacial score (nSPS) is 12.2. The van der Waals surface area contributed by atoms with E-state index in [1.807, 2.05) is 54.7 Å². The highest BCUT2D eigenvalue weighted by molar-refractivity contribution is 5.98. The first-order chi connectivity index (χ1) is 10.3. The van der Waals surface area contributed by atoms with Crippen molar-refractivity contribution in [3.63, 3.8) is 0 Å². The molecule has 0 aliphatic rings. The number of benzene rings is 2. The second-order valence-corrected chi connectivity index (χ2v) is 4.90. The number of rotatable bonds is 4. The second-order valence-electron chi connectivity index (χ2n) is 4.90. The maximum atomic E-state index is 12.3. The molecule has 0 spiro atoms. The largest absolute Gasteiger partial charge is 0.394 e. The van der Waals surface area contributed by atoms with Gasteiger partial charge in [0, 0.05) is 17.3 Å². The average molecular weight is 280 g/mol. The van der Waals surface area contributed by atoms with Crippen molar-refractivity contribution in [1.29, 1.82) is 0 Å². The predicted molar refractivity (Wildman–Crippen MR) is 82.0 cm³/mol. The maximum Gasteiger partial charge on any atom is 0.251 e. The van der Waals surface area contributed by atoms with Gasteiger partial charge in [0.15, 0.2) is 0 Å². The maximum absolute atomic E-state index is 12.3. The van der Waals surface area contributed by atoms with Gasteiger partial charge in [0.2, 0.25) is 0 Å². The molecule has 1 aromatic heterocycles. The van der Waals surface area contributed by atoms with Gasteiger partial charge < -0.3 is 15.4 Å². The van der Waals surface area contributed by atoms with E-state index in [1.165, 1.54) is 0 Å². The number of hydrogen-bond donors (Lipinski definition) is 3. The number of carbonyl (C=O) groups is 1. The highest BCUT2D eigenvalue weighted by Gasteiger charge is 2.15. The number of fused-ring (bicyclic) bond motifs is 1. The zero-order chi connectivity index (χ0) is 14.7. The molecule has 0 radical (unpaired) electrons. The number of aromatic amines is 1. The molecule has 4 heteroatoms. The van der Waals surface area contributed by atoms with Gasteiger partial charge in [-0.3, -0.25) is 4.79 Å². The molecule has 1 heterocycles. The Morgan fingerprint density at radius 1 is 1.14 bits per heavy atom. The first-order valence-electron chi connectivity index (χ1n) is 6.82. The summed E-state index contributed by atoms with van der Waals surface area (Å²) in [4.78, 5) is 15.4. The fourth-order valence-corrected chi connectivity index (χ4v) is 2.35. The molecule has 1 atom stereocenters. The van der Waals surface area contributed by atoms with Crippen molar-refractivity contribution >= 4 is 16.8 Å². The first-order valence-corrected chi connectivity index (χ1v) is 6.82. The van der Waals surface area contributed by atoms with Crippen LogP contribution in [0.2, 0.25) is 0 Å². The molecule has 3 aromatic rings. The van der Waals surface area contributed by atoms with E-state index >= 15 is 0 Å². The van der Waals surface area contributed by atoms with Crippen molar-refractivity contribution in [2.24, 2.45) is 0 Å². The Morgan fingerprint density at radius 3 is 2.71 bits per heavy atom. The molecule has 0 saturated heterocycles. The van der Waals surface area contributed by atoms with Crippen molar-refractivity contribution in [2.45, 2.75) is 6.04 Å². The van der Waals surface area contributed by atoms with Crippen LogP contribution in [0, 0.1) is 0 Å². The van der Waals surface area contributed by atoms with Gasteiger partial charge in [-0.15, -0.1) is 0 Å². The first kappa shape index (κ1) is 13.4. The zero-order valence-electron chi connectivity index (χ0n) is 11.4. The molecule has 3 N–H and O–H groups in total. The Balaban J connectivity index is 1.81. The fourth-order valence-electron chi connectivity index (χ4n) is 2.35. The number of carbonyl (C=O) groups excluding carboxylic acids is 1. The van der Waals surface area contributed by atoms with Gasteiger partial charge in [-0.1, -0.05) is 36.4 Å². The second kappa shape index (κ2) is 5.81. The Hall–Kier alpha value is -2.59. The summed E-state index contributed by atoms with van der Waals surface area (Å²) < 4.78 is 0. The van der Waals surface area contributed by atoms with E-state index in [2.05, 4.69) is 10.3 Å². The number of hydrogen-bond acceptors (Lipinski definition) is 2. The minimum absolute atomic E-state index is 0.138. The lowest BCUT2D eigenvalue weighted by Gasteiger charge is -2.16. The SMILES string of the molecule is O=C(N[C@H](CO)c1ccccc1)c1ccc2cc[nH]c2c1. The molecule has 1 amide bonds. The smallest absolute Gasteiger partial charge is 0.251 e. The summed E-state index contributed by atoms with van der Waals surface area (Å²) in [6.45, 7) is -0.138. The Bertz CT molecular complexity index is 750. The average Bonchev–Trinajstić information content (AvgIpc) is 3.00. The summed E-state index contributed by atoms with van der Waals surface area (Å²) >= 11 is 0. The van der Waals surface area contributed by atoms with E-state index in [0.717, 1.165) is 16.5 Å². The van der Waals surface area contributed by atoms with Crippen LogP contribution in [0.1, 0.15) is 22.0 Å². The quantitative estimate of drug-likeness (QED) is 0.688. The number of nitrogens with one attached hydrogen (secondary N) is 2. The fraction of sp³-hybridized carbons (Fsp3) is 0.118.